The average molecular weight is 222 g/mol. The van der Waals surface area contributed by atoms with Crippen LogP contribution in [0.25, 0.3) is 0 Å². The molecule has 0 aliphatic rings. The predicted molar refractivity (Wildman–Crippen MR) is 60.1 cm³/mol. The molecule has 0 saturated carbocycles. The number of nitrogens with zero attached hydrogens (tertiary/aromatic N) is 1. The van der Waals surface area contributed by atoms with Gasteiger partial charge >= 0.3 is 0 Å². The van der Waals surface area contributed by atoms with E-state index in [1.54, 1.807) is 20.8 Å². The average Bonchev–Trinajstić information content (AvgIpc) is 1.79. The van der Waals surface area contributed by atoms with Gasteiger partial charge in [0.25, 0.3) is 0 Å². The van der Waals surface area contributed by atoms with Crippen molar-refractivity contribution >= 4 is 9.84 Å². The minimum absolute atomic E-state index is 0.0503. The van der Waals surface area contributed by atoms with Crippen LogP contribution >= 0.6 is 0 Å². The highest BCUT2D eigenvalue weighted by Crippen LogP contribution is 2.16. The topological polar surface area (TPSA) is 63.4 Å². The van der Waals surface area contributed by atoms with E-state index in [4.69, 9.17) is 5.73 Å². The van der Waals surface area contributed by atoms with Crippen LogP contribution in [0.15, 0.2) is 0 Å². The molecule has 0 aromatic carbocycles. The molecule has 0 aliphatic heterocycles. The summed E-state index contributed by atoms with van der Waals surface area (Å²) >= 11 is 0. The van der Waals surface area contributed by atoms with Gasteiger partial charge in [0.2, 0.25) is 0 Å². The molecule has 1 atom stereocenters. The van der Waals surface area contributed by atoms with E-state index < -0.39 is 14.6 Å². The minimum Gasteiger partial charge on any atom is -0.326 e. The van der Waals surface area contributed by atoms with Gasteiger partial charge in [-0.25, -0.2) is 8.42 Å². The molecular weight excluding hydrogens is 200 g/mol. The third-order valence-electron chi connectivity index (χ3n) is 1.97. The molecule has 0 aliphatic carbocycles. The highest BCUT2D eigenvalue weighted by molar-refractivity contribution is 7.92. The molecule has 0 aromatic rings. The van der Waals surface area contributed by atoms with Gasteiger partial charge in [-0.3, -0.25) is 0 Å². The molecule has 0 bridgehead atoms. The van der Waals surface area contributed by atoms with Crippen LogP contribution in [0, 0.1) is 0 Å². The Morgan fingerprint density at radius 2 is 1.71 bits per heavy atom. The van der Waals surface area contributed by atoms with E-state index in [1.807, 2.05) is 19.0 Å². The molecule has 0 amide bonds. The Morgan fingerprint density at radius 1 is 1.29 bits per heavy atom. The van der Waals surface area contributed by atoms with Crippen molar-refractivity contribution in [2.24, 2.45) is 5.73 Å². The quantitative estimate of drug-likeness (QED) is 0.732. The van der Waals surface area contributed by atoms with Crippen molar-refractivity contribution in [2.45, 2.75) is 31.6 Å². The fraction of sp³-hybridized carbons (Fsp3) is 1.00. The Labute approximate surface area is 87.4 Å². The molecule has 86 valence electrons. The molecule has 0 saturated heterocycles. The summed E-state index contributed by atoms with van der Waals surface area (Å²) in [7, 11) is 0.663. The molecule has 5 heteroatoms. The predicted octanol–water partition coefficient (Wildman–Crippen LogP) is 0.0886. The normalized spacial score (nSPS) is 15.9. The van der Waals surface area contributed by atoms with Gasteiger partial charge in [-0.15, -0.1) is 0 Å². The summed E-state index contributed by atoms with van der Waals surface area (Å²) in [5.41, 5.74) is 5.74. The molecule has 0 unspecified atom stereocenters. The van der Waals surface area contributed by atoms with Crippen LogP contribution < -0.4 is 5.73 Å². The molecule has 0 spiro atoms. The van der Waals surface area contributed by atoms with Gasteiger partial charge in [-0.2, -0.15) is 0 Å². The van der Waals surface area contributed by atoms with Crippen LogP contribution in [-0.2, 0) is 9.84 Å². The van der Waals surface area contributed by atoms with Crippen LogP contribution in [0.5, 0.6) is 0 Å². The minimum atomic E-state index is -3.09. The van der Waals surface area contributed by atoms with Gasteiger partial charge in [0.05, 0.1) is 10.5 Å². The summed E-state index contributed by atoms with van der Waals surface area (Å²) in [6.07, 6.45) is 0. The molecule has 0 heterocycles. The first-order chi connectivity index (χ1) is 6.06. The zero-order valence-electron chi connectivity index (χ0n) is 9.74. The highest BCUT2D eigenvalue weighted by atomic mass is 32.2. The highest BCUT2D eigenvalue weighted by Gasteiger charge is 2.30. The molecule has 0 radical (unpaired) electrons. The number of likely N-dealkylation sites (N-methyl/N-ethyl adjacent to an activating group) is 1. The third-order valence-corrected chi connectivity index (χ3v) is 4.70. The summed E-state index contributed by atoms with van der Waals surface area (Å²) in [6.45, 7) is 5.69. The maximum atomic E-state index is 11.7. The molecule has 4 nitrogen and oxygen atoms in total. The number of rotatable bonds is 4. The van der Waals surface area contributed by atoms with Crippen LogP contribution in [0.2, 0.25) is 0 Å². The van der Waals surface area contributed by atoms with Gasteiger partial charge < -0.3 is 10.6 Å². The maximum absolute atomic E-state index is 11.7. The fourth-order valence-corrected chi connectivity index (χ4v) is 2.22. The van der Waals surface area contributed by atoms with E-state index in [2.05, 4.69) is 0 Å². The molecule has 0 aromatic heterocycles. The van der Waals surface area contributed by atoms with E-state index >= 15 is 0 Å². The molecular formula is C9H22N2O2S. The Hall–Kier alpha value is -0.130. The van der Waals surface area contributed by atoms with Gasteiger partial charge in [0.15, 0.2) is 9.84 Å². The summed E-state index contributed by atoms with van der Waals surface area (Å²) < 4.78 is 22.8. The van der Waals surface area contributed by atoms with Crippen molar-refractivity contribution < 1.29 is 8.42 Å². The zero-order valence-corrected chi connectivity index (χ0v) is 10.6. The Bertz CT molecular complexity index is 265. The summed E-state index contributed by atoms with van der Waals surface area (Å²) in [4.78, 5) is 1.89. The van der Waals surface area contributed by atoms with Crippen LogP contribution in [0.4, 0.5) is 0 Å². The third kappa shape index (κ3) is 4.39. The zero-order chi connectivity index (χ0) is 11.6. The van der Waals surface area contributed by atoms with Crippen molar-refractivity contribution in [1.82, 2.24) is 4.90 Å². The van der Waals surface area contributed by atoms with Crippen molar-refractivity contribution in [2.75, 3.05) is 26.4 Å². The lowest BCUT2D eigenvalue weighted by atomic mass is 10.3. The standard InChI is InChI=1S/C9H22N2O2S/c1-9(2,3)14(12,13)7-8(10)6-11(4)5/h8H,6-7,10H2,1-5H3/t8-/m0/s1. The number of nitrogens with two attached hydrogens (primary N) is 1. The van der Waals surface area contributed by atoms with E-state index in [0.29, 0.717) is 6.54 Å². The summed E-state index contributed by atoms with van der Waals surface area (Å²) in [6, 6.07) is -0.311. The SMILES string of the molecule is CN(C)C[C@H](N)CS(=O)(=O)C(C)(C)C. The molecule has 0 rings (SSSR count). The van der Waals surface area contributed by atoms with Gasteiger partial charge in [-0.1, -0.05) is 0 Å². The van der Waals surface area contributed by atoms with Crippen molar-refractivity contribution in [1.29, 1.82) is 0 Å². The summed E-state index contributed by atoms with van der Waals surface area (Å²) in [5, 5.41) is 0. The lowest BCUT2D eigenvalue weighted by Crippen LogP contribution is -2.43. The molecule has 0 fully saturated rings. The van der Waals surface area contributed by atoms with Gasteiger partial charge in [0.1, 0.15) is 0 Å². The smallest absolute Gasteiger partial charge is 0.156 e. The molecule has 14 heavy (non-hydrogen) atoms. The number of hydrogen-bond donors (Lipinski definition) is 1. The second-order valence-corrected chi connectivity index (χ2v) is 7.70. The lowest BCUT2D eigenvalue weighted by Gasteiger charge is -2.23. The summed E-state index contributed by atoms with van der Waals surface area (Å²) in [5.74, 6) is 0.0503. The largest absolute Gasteiger partial charge is 0.326 e. The van der Waals surface area contributed by atoms with Gasteiger partial charge in [0, 0.05) is 12.6 Å². The van der Waals surface area contributed by atoms with Crippen LogP contribution in [0.1, 0.15) is 20.8 Å². The van der Waals surface area contributed by atoms with Crippen molar-refractivity contribution in [3.63, 3.8) is 0 Å². The molecule has 2 N–H and O–H groups in total. The Morgan fingerprint density at radius 3 is 2.00 bits per heavy atom. The van der Waals surface area contributed by atoms with Crippen LogP contribution in [-0.4, -0.2) is 50.5 Å². The van der Waals surface area contributed by atoms with E-state index in [1.165, 1.54) is 0 Å². The monoisotopic (exact) mass is 222 g/mol. The Balaban J connectivity index is 4.39. The first-order valence-electron chi connectivity index (χ1n) is 4.69. The van der Waals surface area contributed by atoms with E-state index in [9.17, 15) is 8.42 Å². The Kier molecular flexibility index (Phi) is 4.55. The van der Waals surface area contributed by atoms with Crippen molar-refractivity contribution in [3.8, 4) is 0 Å². The second-order valence-electron chi connectivity index (χ2n) is 4.92. The fourth-order valence-electron chi connectivity index (χ4n) is 1.05. The second kappa shape index (κ2) is 4.59. The lowest BCUT2D eigenvalue weighted by molar-refractivity contribution is 0.382. The van der Waals surface area contributed by atoms with Crippen molar-refractivity contribution in [3.05, 3.63) is 0 Å². The maximum Gasteiger partial charge on any atom is 0.156 e. The first-order valence-corrected chi connectivity index (χ1v) is 6.34. The van der Waals surface area contributed by atoms with E-state index in [-0.39, 0.29) is 11.8 Å². The van der Waals surface area contributed by atoms with Crippen LogP contribution in [0.3, 0.4) is 0 Å². The first kappa shape index (κ1) is 13.9. The number of hydrogen-bond acceptors (Lipinski definition) is 4. The van der Waals surface area contributed by atoms with E-state index in [0.717, 1.165) is 0 Å². The van der Waals surface area contributed by atoms with Gasteiger partial charge in [-0.05, 0) is 34.9 Å². The number of sulfone groups is 1.